The Bertz CT molecular complexity index is 1780. The molecular weight excluding hydrogens is 540 g/mol. The normalized spacial score (nSPS) is 12.6. The molecule has 1 aromatic carbocycles. The van der Waals surface area contributed by atoms with Crippen LogP contribution in [0.15, 0.2) is 47.8 Å². The van der Waals surface area contributed by atoms with Crippen LogP contribution in [0.4, 0.5) is 13.2 Å². The van der Waals surface area contributed by atoms with Gasteiger partial charge in [0.1, 0.15) is 16.9 Å². The highest BCUT2D eigenvalue weighted by atomic mass is 35.5. The third-order valence-corrected chi connectivity index (χ3v) is 7.81. The molecule has 0 amide bonds. The van der Waals surface area contributed by atoms with E-state index in [-0.39, 0.29) is 39.0 Å². The van der Waals surface area contributed by atoms with Crippen molar-refractivity contribution in [2.75, 3.05) is 5.75 Å². The van der Waals surface area contributed by atoms with Crippen LogP contribution in [-0.2, 0) is 23.1 Å². The number of aromatic nitrogens is 6. The number of alkyl halides is 3. The number of benzene rings is 1. The van der Waals surface area contributed by atoms with Crippen molar-refractivity contribution in [2.45, 2.75) is 18.1 Å². The fraction of sp³-hybridized carbons (Fsp3) is 0.182. The largest absolute Gasteiger partial charge is 0.417 e. The first kappa shape index (κ1) is 24.5. The second kappa shape index (κ2) is 8.43. The Balaban J connectivity index is 1.86. The first-order chi connectivity index (χ1) is 16.9. The summed E-state index contributed by atoms with van der Waals surface area (Å²) in [4.78, 5) is 12.6. The molecule has 0 atom stereocenters. The highest BCUT2D eigenvalue weighted by Gasteiger charge is 2.33. The number of hydrogen-bond donors (Lipinski definition) is 0. The zero-order valence-corrected chi connectivity index (χ0v) is 20.9. The lowest BCUT2D eigenvalue weighted by Gasteiger charge is -2.07. The van der Waals surface area contributed by atoms with Gasteiger partial charge in [-0.15, -0.1) is 0 Å². The molecule has 0 saturated heterocycles. The lowest BCUT2D eigenvalue weighted by atomic mass is 10.1. The Labute approximate surface area is 212 Å². The van der Waals surface area contributed by atoms with E-state index in [0.29, 0.717) is 27.5 Å². The van der Waals surface area contributed by atoms with Crippen LogP contribution in [0.25, 0.3) is 39.5 Å². The number of rotatable bonds is 4. The van der Waals surface area contributed by atoms with Crippen molar-refractivity contribution < 1.29 is 21.6 Å². The van der Waals surface area contributed by atoms with Crippen molar-refractivity contribution in [1.29, 1.82) is 0 Å². The molecule has 0 aliphatic heterocycles. The van der Waals surface area contributed by atoms with Gasteiger partial charge < -0.3 is 4.57 Å². The fourth-order valence-electron chi connectivity index (χ4n) is 3.83. The summed E-state index contributed by atoms with van der Waals surface area (Å²) in [7, 11) is -2.40. The van der Waals surface area contributed by atoms with Gasteiger partial charge in [0.25, 0.3) is 0 Å². The minimum atomic E-state index is -4.62. The zero-order chi connectivity index (χ0) is 26.0. The van der Waals surface area contributed by atoms with Crippen molar-refractivity contribution in [3.05, 3.63) is 58.3 Å². The van der Waals surface area contributed by atoms with Gasteiger partial charge in [0, 0.05) is 30.0 Å². The Kier molecular flexibility index (Phi) is 5.73. The maximum atomic E-state index is 13.2. The minimum Gasteiger partial charge on any atom is -0.312 e. The molecule has 0 radical (unpaired) electrons. The molecule has 0 fully saturated rings. The quantitative estimate of drug-likeness (QED) is 0.292. The summed E-state index contributed by atoms with van der Waals surface area (Å²) in [6, 6.07) is 7.28. The van der Waals surface area contributed by atoms with E-state index in [1.54, 1.807) is 18.2 Å². The van der Waals surface area contributed by atoms with Gasteiger partial charge in [0.2, 0.25) is 0 Å². The molecule has 8 nitrogen and oxygen atoms in total. The molecule has 0 aliphatic rings. The zero-order valence-electron chi connectivity index (χ0n) is 18.5. The summed E-state index contributed by atoms with van der Waals surface area (Å²) in [5, 5.41) is 4.76. The monoisotopic (exact) mass is 554 g/mol. The Hall–Kier alpha value is -3.22. The highest BCUT2D eigenvalue weighted by Crippen LogP contribution is 2.37. The number of imidazole rings is 1. The number of sulfone groups is 1. The molecule has 0 unspecified atom stereocenters. The van der Waals surface area contributed by atoms with Gasteiger partial charge in [0.05, 0.1) is 22.0 Å². The maximum Gasteiger partial charge on any atom is 0.417 e. The van der Waals surface area contributed by atoms with Crippen LogP contribution in [0.3, 0.4) is 0 Å². The van der Waals surface area contributed by atoms with Crippen LogP contribution in [0.1, 0.15) is 12.5 Å². The Morgan fingerprint density at radius 2 is 1.81 bits per heavy atom. The van der Waals surface area contributed by atoms with Gasteiger partial charge in [-0.2, -0.15) is 18.3 Å². The van der Waals surface area contributed by atoms with Gasteiger partial charge in [-0.1, -0.05) is 30.1 Å². The van der Waals surface area contributed by atoms with Gasteiger partial charge in [-0.25, -0.2) is 27.9 Å². The lowest BCUT2D eigenvalue weighted by Crippen LogP contribution is -2.07. The summed E-state index contributed by atoms with van der Waals surface area (Å²) in [5.74, 6) is -0.230. The predicted molar refractivity (Wildman–Crippen MR) is 129 cm³/mol. The molecule has 4 aromatic heterocycles. The molecule has 14 heteroatoms. The molecule has 5 rings (SSSR count). The smallest absolute Gasteiger partial charge is 0.312 e. The molecule has 0 aliphatic carbocycles. The van der Waals surface area contributed by atoms with Crippen LogP contribution < -0.4 is 0 Å². The number of nitrogens with zero attached hydrogens (tertiary/aromatic N) is 6. The van der Waals surface area contributed by atoms with Gasteiger partial charge in [-0.3, -0.25) is 0 Å². The Morgan fingerprint density at radius 3 is 2.47 bits per heavy atom. The molecule has 186 valence electrons. The third-order valence-electron chi connectivity index (χ3n) is 5.63. The number of pyridine rings is 1. The lowest BCUT2D eigenvalue weighted by molar-refractivity contribution is -0.137. The van der Waals surface area contributed by atoms with Crippen molar-refractivity contribution in [3.63, 3.8) is 0 Å². The van der Waals surface area contributed by atoms with Gasteiger partial charge >= 0.3 is 6.18 Å². The van der Waals surface area contributed by atoms with Crippen molar-refractivity contribution >= 4 is 49.9 Å². The number of fused-ring (bicyclic) bond motifs is 2. The maximum absolute atomic E-state index is 13.2. The van der Waals surface area contributed by atoms with E-state index in [9.17, 15) is 21.6 Å². The second-order valence-corrected chi connectivity index (χ2v) is 10.9. The van der Waals surface area contributed by atoms with E-state index in [2.05, 4.69) is 20.1 Å². The number of hydrogen-bond acceptors (Lipinski definition) is 6. The standard InChI is InChI=1S/C22H15Cl2F3N6O2S/c1-3-36(34,35)21-17(20-30-15-8-11(22(25,26)27)10-29-18(15)32(20)2)19-28-7-6-16(33(19)31-21)13-5-4-12(23)9-14(13)24/h4-10H,3H2,1-2H3. The van der Waals surface area contributed by atoms with Crippen molar-refractivity contribution in [3.8, 4) is 22.6 Å². The first-order valence-electron chi connectivity index (χ1n) is 10.4. The second-order valence-electron chi connectivity index (χ2n) is 7.83. The number of aryl methyl sites for hydroxylation is 1. The molecule has 0 spiro atoms. The topological polar surface area (TPSA) is 95.0 Å². The van der Waals surface area contributed by atoms with E-state index in [1.165, 1.54) is 35.3 Å². The average molecular weight is 555 g/mol. The molecular formula is C22H15Cl2F3N6O2S. The van der Waals surface area contributed by atoms with Crippen LogP contribution in [-0.4, -0.2) is 43.3 Å². The fourth-order valence-corrected chi connectivity index (χ4v) is 5.31. The summed E-state index contributed by atoms with van der Waals surface area (Å²) in [6.07, 6.45) is -2.47. The highest BCUT2D eigenvalue weighted by molar-refractivity contribution is 7.91. The van der Waals surface area contributed by atoms with Crippen LogP contribution in [0.5, 0.6) is 0 Å². The summed E-state index contributed by atoms with van der Waals surface area (Å²) >= 11 is 12.4. The third kappa shape index (κ3) is 3.89. The predicted octanol–water partition coefficient (Wildman–Crippen LogP) is 5.46. The molecule has 4 heterocycles. The van der Waals surface area contributed by atoms with E-state index in [1.807, 2.05) is 0 Å². The molecule has 0 saturated carbocycles. The van der Waals surface area contributed by atoms with Crippen molar-refractivity contribution in [1.82, 2.24) is 29.1 Å². The summed E-state index contributed by atoms with van der Waals surface area (Å²) in [5.41, 5.74) is 0.213. The van der Waals surface area contributed by atoms with E-state index in [4.69, 9.17) is 23.2 Å². The van der Waals surface area contributed by atoms with Crippen LogP contribution in [0.2, 0.25) is 10.0 Å². The molecule has 36 heavy (non-hydrogen) atoms. The molecule has 0 bridgehead atoms. The summed E-state index contributed by atoms with van der Waals surface area (Å²) in [6.45, 7) is 1.46. The number of halogens is 5. The SMILES string of the molecule is CCS(=O)(=O)c1nn2c(-c3ccc(Cl)cc3Cl)ccnc2c1-c1nc2cc(C(F)(F)F)cnc2n1C. The Morgan fingerprint density at radius 1 is 1.06 bits per heavy atom. The van der Waals surface area contributed by atoms with E-state index in [0.717, 1.165) is 6.07 Å². The van der Waals surface area contributed by atoms with E-state index < -0.39 is 21.6 Å². The minimum absolute atomic E-state index is 0.0397. The molecule has 5 aromatic rings. The van der Waals surface area contributed by atoms with Crippen LogP contribution >= 0.6 is 23.2 Å². The van der Waals surface area contributed by atoms with Gasteiger partial charge in [0.15, 0.2) is 26.2 Å². The average Bonchev–Trinajstić information content (AvgIpc) is 3.36. The first-order valence-corrected chi connectivity index (χ1v) is 12.8. The van der Waals surface area contributed by atoms with Crippen LogP contribution in [0, 0.1) is 0 Å². The van der Waals surface area contributed by atoms with Gasteiger partial charge in [-0.05, 0) is 30.3 Å². The van der Waals surface area contributed by atoms with Crippen molar-refractivity contribution in [2.24, 2.45) is 7.05 Å². The molecule has 0 N–H and O–H groups in total. The van der Waals surface area contributed by atoms with E-state index >= 15 is 0 Å². The summed E-state index contributed by atoms with van der Waals surface area (Å²) < 4.78 is 68.6.